The van der Waals surface area contributed by atoms with Crippen molar-refractivity contribution < 1.29 is 13.5 Å². The summed E-state index contributed by atoms with van der Waals surface area (Å²) < 4.78 is 36.8. The van der Waals surface area contributed by atoms with Crippen molar-refractivity contribution >= 4 is 11.6 Å². The zero-order valence-electron chi connectivity index (χ0n) is 18.2. The normalized spacial score (nSPS) is 26.0. The Labute approximate surface area is 183 Å². The lowest BCUT2D eigenvalue weighted by Crippen LogP contribution is -2.49. The summed E-state index contributed by atoms with van der Waals surface area (Å²) in [6.45, 7) is 5.37. The molecule has 0 N–H and O–H groups in total. The monoisotopic (exact) mass is 421 g/mol. The van der Waals surface area contributed by atoms with Gasteiger partial charge in [-0.3, -0.25) is 4.90 Å². The molecule has 1 fully saturated rings. The summed E-state index contributed by atoms with van der Waals surface area (Å²) in [7, 11) is 0. The van der Waals surface area contributed by atoms with Crippen LogP contribution >= 0.6 is 0 Å². The van der Waals surface area contributed by atoms with E-state index in [-0.39, 0.29) is 17.6 Å². The number of ether oxygens (including phenoxy) is 1. The van der Waals surface area contributed by atoms with Crippen molar-refractivity contribution in [2.24, 2.45) is 0 Å². The molecule has 2 aromatic carbocycles. The topological polar surface area (TPSA) is 12.5 Å². The van der Waals surface area contributed by atoms with Crippen molar-refractivity contribution in [2.75, 3.05) is 13.2 Å². The van der Waals surface area contributed by atoms with Crippen molar-refractivity contribution in [1.29, 1.82) is 0 Å². The summed E-state index contributed by atoms with van der Waals surface area (Å²) >= 11 is 0. The van der Waals surface area contributed by atoms with E-state index in [4.69, 9.17) is 4.74 Å². The van der Waals surface area contributed by atoms with E-state index in [9.17, 15) is 0 Å². The van der Waals surface area contributed by atoms with Crippen molar-refractivity contribution in [1.82, 2.24) is 4.90 Å². The van der Waals surface area contributed by atoms with Gasteiger partial charge in [-0.25, -0.2) is 8.78 Å². The first kappa shape index (κ1) is 20.6. The van der Waals surface area contributed by atoms with E-state index in [0.29, 0.717) is 18.8 Å². The number of rotatable bonds is 4. The Balaban J connectivity index is 1.70. The molecule has 0 amide bonds. The maximum Gasteiger partial charge on any atom is 0.131 e. The zero-order chi connectivity index (χ0) is 21.5. The fraction of sp³-hybridized carbons (Fsp3) is 0.407. The lowest BCUT2D eigenvalue weighted by atomic mass is 9.82. The Hall–Kier alpha value is -2.30. The smallest absolute Gasteiger partial charge is 0.131 e. The molecule has 3 atom stereocenters. The van der Waals surface area contributed by atoms with Gasteiger partial charge < -0.3 is 4.74 Å². The Morgan fingerprint density at radius 3 is 2.61 bits per heavy atom. The fourth-order valence-corrected chi connectivity index (χ4v) is 5.79. The highest BCUT2D eigenvalue weighted by Crippen LogP contribution is 2.51. The van der Waals surface area contributed by atoms with E-state index in [2.05, 4.69) is 36.1 Å². The number of allylic oxidation sites excluding steroid dienone is 1. The van der Waals surface area contributed by atoms with Crippen LogP contribution in [0.1, 0.15) is 61.4 Å². The van der Waals surface area contributed by atoms with Gasteiger partial charge in [0.1, 0.15) is 11.6 Å². The Bertz CT molecular complexity index is 1030. The van der Waals surface area contributed by atoms with Crippen molar-refractivity contribution in [3.8, 4) is 0 Å². The minimum absolute atomic E-state index is 0.182. The molecule has 0 spiro atoms. The van der Waals surface area contributed by atoms with Crippen LogP contribution < -0.4 is 0 Å². The molecule has 1 saturated heterocycles. The average Bonchev–Trinajstić information content (AvgIpc) is 3.41. The third-order valence-electron chi connectivity index (χ3n) is 7.13. The number of nitrogens with zero attached hydrogens (tertiary/aromatic N) is 1. The molecule has 2 nitrogen and oxygen atoms in total. The van der Waals surface area contributed by atoms with E-state index in [0.717, 1.165) is 31.3 Å². The number of hydrogen-bond acceptors (Lipinski definition) is 2. The van der Waals surface area contributed by atoms with Crippen LogP contribution in [0.5, 0.6) is 0 Å². The molecule has 0 aromatic heterocycles. The predicted octanol–water partition coefficient (Wildman–Crippen LogP) is 6.32. The highest BCUT2D eigenvalue weighted by molar-refractivity contribution is 5.79. The standard InChI is InChI=1S/C27H29F2NO/c1-3-7-17-12-24(28)26(25(29)13-17)27-23-14-18-8-5-6-9-21(18)22(23)15-19(4-2)30(27)20-10-11-31-16-20/h3,5-9,12-13,19-20,27H,4,10-11,14-16H2,1-2H3/b7-3+/t19-,20-,27+/m1/s1. The molecule has 3 aliphatic rings. The van der Waals surface area contributed by atoms with E-state index >= 15 is 8.78 Å². The maximum absolute atomic E-state index is 15.5. The Morgan fingerprint density at radius 1 is 1.16 bits per heavy atom. The second-order valence-electron chi connectivity index (χ2n) is 8.87. The SMILES string of the molecule is C/C=C/c1cc(F)c([C@@H]2C3=C(C[C@@H](CC)N2[C@@H]2CCOC2)c2ccccc2C3)c(F)c1. The summed E-state index contributed by atoms with van der Waals surface area (Å²) in [5, 5.41) is 0. The van der Waals surface area contributed by atoms with Gasteiger partial charge in [0.05, 0.1) is 12.6 Å². The first-order valence-electron chi connectivity index (χ1n) is 11.4. The molecule has 0 unspecified atom stereocenters. The van der Waals surface area contributed by atoms with Crippen molar-refractivity contribution in [2.45, 2.75) is 57.7 Å². The van der Waals surface area contributed by atoms with E-state index < -0.39 is 17.7 Å². The summed E-state index contributed by atoms with van der Waals surface area (Å²) in [6.07, 6.45) is 7.07. The van der Waals surface area contributed by atoms with Crippen molar-refractivity contribution in [3.05, 3.63) is 81.9 Å². The predicted molar refractivity (Wildman–Crippen MR) is 121 cm³/mol. The molecular weight excluding hydrogens is 392 g/mol. The third kappa shape index (κ3) is 3.46. The number of benzene rings is 2. The molecule has 2 aromatic rings. The van der Waals surface area contributed by atoms with Gasteiger partial charge in [-0.15, -0.1) is 0 Å². The van der Waals surface area contributed by atoms with Crippen LogP contribution in [-0.4, -0.2) is 30.2 Å². The summed E-state index contributed by atoms with van der Waals surface area (Å²) in [6, 6.07) is 11.4. The van der Waals surface area contributed by atoms with Gasteiger partial charge in [0.15, 0.2) is 0 Å². The van der Waals surface area contributed by atoms with Gasteiger partial charge >= 0.3 is 0 Å². The molecule has 31 heavy (non-hydrogen) atoms. The summed E-state index contributed by atoms with van der Waals surface area (Å²) in [4.78, 5) is 2.38. The zero-order valence-corrected chi connectivity index (χ0v) is 18.2. The second-order valence-corrected chi connectivity index (χ2v) is 8.87. The molecule has 5 rings (SSSR count). The van der Waals surface area contributed by atoms with Crippen LogP contribution in [0, 0.1) is 11.6 Å². The van der Waals surface area contributed by atoms with Gasteiger partial charge in [-0.1, -0.05) is 43.3 Å². The van der Waals surface area contributed by atoms with E-state index in [1.165, 1.54) is 28.8 Å². The maximum atomic E-state index is 15.5. The molecule has 2 heterocycles. The number of fused-ring (bicyclic) bond motifs is 2. The number of hydrogen-bond donors (Lipinski definition) is 0. The lowest BCUT2D eigenvalue weighted by molar-refractivity contribution is 0.0682. The van der Waals surface area contributed by atoms with Gasteiger partial charge in [-0.05, 0) is 72.6 Å². The fourth-order valence-electron chi connectivity index (χ4n) is 5.79. The first-order valence-corrected chi connectivity index (χ1v) is 11.4. The second kappa shape index (κ2) is 8.33. The summed E-state index contributed by atoms with van der Waals surface area (Å²) in [5.41, 5.74) is 5.73. The van der Waals surface area contributed by atoms with Crippen molar-refractivity contribution in [3.63, 3.8) is 0 Å². The molecule has 1 aliphatic carbocycles. The largest absolute Gasteiger partial charge is 0.380 e. The van der Waals surface area contributed by atoms with Gasteiger partial charge in [0.2, 0.25) is 0 Å². The molecule has 0 radical (unpaired) electrons. The molecule has 162 valence electrons. The van der Waals surface area contributed by atoms with Crippen LogP contribution in [-0.2, 0) is 11.2 Å². The highest BCUT2D eigenvalue weighted by atomic mass is 19.1. The third-order valence-corrected chi connectivity index (χ3v) is 7.13. The quantitative estimate of drug-likeness (QED) is 0.573. The molecule has 4 heteroatoms. The molecular formula is C27H29F2NO. The first-order chi connectivity index (χ1) is 15.1. The van der Waals surface area contributed by atoms with Crippen LogP contribution in [0.25, 0.3) is 11.6 Å². The van der Waals surface area contributed by atoms with Crippen LogP contribution in [0.4, 0.5) is 8.78 Å². The number of halogens is 2. The minimum Gasteiger partial charge on any atom is -0.380 e. The lowest BCUT2D eigenvalue weighted by Gasteiger charge is -2.46. The molecule has 0 saturated carbocycles. The highest BCUT2D eigenvalue weighted by Gasteiger charge is 2.45. The molecule has 0 bridgehead atoms. The minimum atomic E-state index is -0.457. The average molecular weight is 422 g/mol. The van der Waals surface area contributed by atoms with Crippen LogP contribution in [0.2, 0.25) is 0 Å². The summed E-state index contributed by atoms with van der Waals surface area (Å²) in [5.74, 6) is -0.914. The van der Waals surface area contributed by atoms with Crippen LogP contribution in [0.15, 0.2) is 48.0 Å². The molecule has 2 aliphatic heterocycles. The van der Waals surface area contributed by atoms with E-state index in [1.54, 1.807) is 12.2 Å². The Morgan fingerprint density at radius 2 is 1.94 bits per heavy atom. The van der Waals surface area contributed by atoms with Gasteiger partial charge in [0.25, 0.3) is 0 Å². The van der Waals surface area contributed by atoms with Gasteiger partial charge in [0, 0.05) is 24.3 Å². The Kier molecular flexibility index (Phi) is 5.53. The van der Waals surface area contributed by atoms with Gasteiger partial charge in [-0.2, -0.15) is 0 Å². The van der Waals surface area contributed by atoms with E-state index in [1.807, 2.05) is 6.92 Å². The van der Waals surface area contributed by atoms with Crippen LogP contribution in [0.3, 0.4) is 0 Å².